The van der Waals surface area contributed by atoms with E-state index in [9.17, 15) is 18.0 Å². The van der Waals surface area contributed by atoms with Gasteiger partial charge in [-0.2, -0.15) is 0 Å². The Morgan fingerprint density at radius 2 is 1.73 bits per heavy atom. The van der Waals surface area contributed by atoms with E-state index < -0.39 is 6.36 Å². The summed E-state index contributed by atoms with van der Waals surface area (Å²) in [6.45, 7) is 4.80. The van der Waals surface area contributed by atoms with Crippen molar-refractivity contribution >= 4 is 11.6 Å². The van der Waals surface area contributed by atoms with E-state index >= 15 is 0 Å². The molecule has 0 aliphatic carbocycles. The van der Waals surface area contributed by atoms with Gasteiger partial charge in [0.25, 0.3) is 5.91 Å². The molecule has 3 aromatic carbocycles. The van der Waals surface area contributed by atoms with E-state index in [0.717, 1.165) is 33.5 Å². The van der Waals surface area contributed by atoms with Gasteiger partial charge in [0, 0.05) is 38.4 Å². The summed E-state index contributed by atoms with van der Waals surface area (Å²) in [4.78, 5) is 16.9. The standard InChI is InChI=1S/C26H25F3N2O2/c1-16-12-19(22-6-5-7-23(17(22)2)30(3)4)13-20-15-31(25(32)24(16)20)14-18-8-10-21(11-9-18)33-26(27,28)29/h5-13H,14-15H2,1-4H3. The number of benzene rings is 3. The number of nitrogens with zero attached hydrogens (tertiary/aromatic N) is 2. The van der Waals surface area contributed by atoms with Gasteiger partial charge in [0.2, 0.25) is 0 Å². The number of rotatable bonds is 5. The van der Waals surface area contributed by atoms with Crippen LogP contribution in [0.5, 0.6) is 5.75 Å². The highest BCUT2D eigenvalue weighted by Crippen LogP contribution is 2.35. The minimum absolute atomic E-state index is 0.0663. The van der Waals surface area contributed by atoms with Crippen LogP contribution in [0.1, 0.15) is 32.6 Å². The Labute approximate surface area is 191 Å². The molecule has 0 saturated carbocycles. The van der Waals surface area contributed by atoms with E-state index in [-0.39, 0.29) is 11.7 Å². The molecule has 0 saturated heterocycles. The first-order valence-corrected chi connectivity index (χ1v) is 10.6. The predicted molar refractivity (Wildman–Crippen MR) is 122 cm³/mol. The number of alkyl halides is 3. The summed E-state index contributed by atoms with van der Waals surface area (Å²) in [6, 6.07) is 15.9. The number of amides is 1. The number of aryl methyl sites for hydroxylation is 1. The summed E-state index contributed by atoms with van der Waals surface area (Å²) in [5.41, 5.74) is 7.81. The predicted octanol–water partition coefficient (Wildman–Crippen LogP) is 6.09. The Bertz CT molecular complexity index is 1200. The molecule has 1 amide bonds. The molecule has 33 heavy (non-hydrogen) atoms. The van der Waals surface area contributed by atoms with Gasteiger partial charge >= 0.3 is 6.36 Å². The number of carbonyl (C=O) groups is 1. The van der Waals surface area contributed by atoms with E-state index in [1.807, 2.05) is 33.2 Å². The lowest BCUT2D eigenvalue weighted by Gasteiger charge is -2.19. The minimum Gasteiger partial charge on any atom is -0.406 e. The first-order valence-electron chi connectivity index (χ1n) is 10.6. The molecule has 0 atom stereocenters. The van der Waals surface area contributed by atoms with Crippen LogP contribution in [0.4, 0.5) is 18.9 Å². The fraction of sp³-hybridized carbons (Fsp3) is 0.269. The monoisotopic (exact) mass is 454 g/mol. The molecule has 1 heterocycles. The lowest BCUT2D eigenvalue weighted by molar-refractivity contribution is -0.274. The molecule has 172 valence electrons. The van der Waals surface area contributed by atoms with E-state index in [1.165, 1.54) is 17.7 Å². The maximum Gasteiger partial charge on any atom is 0.573 e. The fourth-order valence-electron chi connectivity index (χ4n) is 4.45. The molecule has 0 bridgehead atoms. The van der Waals surface area contributed by atoms with Crippen LogP contribution in [-0.2, 0) is 13.1 Å². The van der Waals surface area contributed by atoms with Gasteiger partial charge in [0.05, 0.1) is 0 Å². The SMILES string of the molecule is Cc1cc(-c2cccc(N(C)C)c2C)cc2c1C(=O)N(Cc1ccc(OC(F)(F)F)cc1)C2. The Hall–Kier alpha value is -3.48. The molecule has 7 heteroatoms. The average molecular weight is 454 g/mol. The van der Waals surface area contributed by atoms with Crippen molar-refractivity contribution < 1.29 is 22.7 Å². The molecule has 0 radical (unpaired) electrons. The van der Waals surface area contributed by atoms with Gasteiger partial charge in [-0.25, -0.2) is 0 Å². The second kappa shape index (κ2) is 8.46. The molecule has 0 aromatic heterocycles. The van der Waals surface area contributed by atoms with Crippen molar-refractivity contribution in [2.45, 2.75) is 33.3 Å². The second-order valence-electron chi connectivity index (χ2n) is 8.52. The molecule has 4 rings (SSSR count). The highest BCUT2D eigenvalue weighted by atomic mass is 19.4. The van der Waals surface area contributed by atoms with Crippen molar-refractivity contribution in [1.29, 1.82) is 0 Å². The van der Waals surface area contributed by atoms with Crippen molar-refractivity contribution in [3.63, 3.8) is 0 Å². The molecule has 1 aliphatic rings. The molecule has 0 fully saturated rings. The lowest BCUT2D eigenvalue weighted by Crippen LogP contribution is -2.23. The quantitative estimate of drug-likeness (QED) is 0.468. The van der Waals surface area contributed by atoms with Gasteiger partial charge in [-0.05, 0) is 71.5 Å². The zero-order valence-electron chi connectivity index (χ0n) is 19.0. The Morgan fingerprint density at radius 1 is 1.03 bits per heavy atom. The van der Waals surface area contributed by atoms with Crippen LogP contribution in [-0.4, -0.2) is 31.3 Å². The number of carbonyl (C=O) groups excluding carboxylic acids is 1. The number of fused-ring (bicyclic) bond motifs is 1. The highest BCUT2D eigenvalue weighted by Gasteiger charge is 2.32. The highest BCUT2D eigenvalue weighted by molar-refractivity contribution is 6.00. The van der Waals surface area contributed by atoms with E-state index in [4.69, 9.17) is 0 Å². The van der Waals surface area contributed by atoms with Gasteiger partial charge in [0.15, 0.2) is 0 Å². The van der Waals surface area contributed by atoms with Crippen LogP contribution < -0.4 is 9.64 Å². The van der Waals surface area contributed by atoms with Crippen LogP contribution >= 0.6 is 0 Å². The Morgan fingerprint density at radius 3 is 2.36 bits per heavy atom. The van der Waals surface area contributed by atoms with Crippen LogP contribution in [0, 0.1) is 13.8 Å². The van der Waals surface area contributed by atoms with Crippen LogP contribution in [0.3, 0.4) is 0 Å². The lowest BCUT2D eigenvalue weighted by atomic mass is 9.93. The van der Waals surface area contributed by atoms with E-state index in [2.05, 4.69) is 34.8 Å². The molecule has 0 spiro atoms. The topological polar surface area (TPSA) is 32.8 Å². The molecule has 0 unspecified atom stereocenters. The molecule has 3 aromatic rings. The molecular formula is C26H25F3N2O2. The third-order valence-corrected chi connectivity index (χ3v) is 5.91. The summed E-state index contributed by atoms with van der Waals surface area (Å²) in [7, 11) is 4.02. The smallest absolute Gasteiger partial charge is 0.406 e. The van der Waals surface area contributed by atoms with Crippen molar-refractivity contribution in [2.75, 3.05) is 19.0 Å². The second-order valence-corrected chi connectivity index (χ2v) is 8.52. The molecule has 0 N–H and O–H groups in total. The molecule has 4 nitrogen and oxygen atoms in total. The fourth-order valence-corrected chi connectivity index (χ4v) is 4.45. The normalized spacial score (nSPS) is 13.3. The van der Waals surface area contributed by atoms with Crippen LogP contribution in [0.25, 0.3) is 11.1 Å². The maximum absolute atomic E-state index is 13.1. The first-order chi connectivity index (χ1) is 15.5. The zero-order chi connectivity index (χ0) is 23.9. The first kappa shape index (κ1) is 22.7. The Balaban J connectivity index is 1.58. The van der Waals surface area contributed by atoms with E-state index in [1.54, 1.807) is 17.0 Å². The Kier molecular flexibility index (Phi) is 5.82. The number of ether oxygens (including phenoxy) is 1. The average Bonchev–Trinajstić information content (AvgIpc) is 3.04. The third-order valence-electron chi connectivity index (χ3n) is 5.91. The van der Waals surface area contributed by atoms with Crippen molar-refractivity contribution in [3.8, 4) is 16.9 Å². The number of hydrogen-bond donors (Lipinski definition) is 0. The minimum atomic E-state index is -4.73. The summed E-state index contributed by atoms with van der Waals surface area (Å²) in [6.07, 6.45) is -4.73. The molecular weight excluding hydrogens is 429 g/mol. The summed E-state index contributed by atoms with van der Waals surface area (Å²) < 4.78 is 41.0. The summed E-state index contributed by atoms with van der Waals surface area (Å²) in [5.74, 6) is -0.346. The van der Waals surface area contributed by atoms with Crippen molar-refractivity contribution in [2.24, 2.45) is 0 Å². The molecule has 1 aliphatic heterocycles. The maximum atomic E-state index is 13.1. The van der Waals surface area contributed by atoms with Crippen LogP contribution in [0.15, 0.2) is 54.6 Å². The summed E-state index contributed by atoms with van der Waals surface area (Å²) in [5, 5.41) is 0. The largest absolute Gasteiger partial charge is 0.573 e. The van der Waals surface area contributed by atoms with Gasteiger partial charge in [-0.3, -0.25) is 4.79 Å². The zero-order valence-corrected chi connectivity index (χ0v) is 19.0. The number of anilines is 1. The van der Waals surface area contributed by atoms with Crippen molar-refractivity contribution in [1.82, 2.24) is 4.90 Å². The third kappa shape index (κ3) is 4.67. The summed E-state index contributed by atoms with van der Waals surface area (Å²) >= 11 is 0. The van der Waals surface area contributed by atoms with Gasteiger partial charge in [-0.15, -0.1) is 13.2 Å². The van der Waals surface area contributed by atoms with Gasteiger partial charge < -0.3 is 14.5 Å². The van der Waals surface area contributed by atoms with Crippen molar-refractivity contribution in [3.05, 3.63) is 82.4 Å². The number of halogens is 3. The number of hydrogen-bond acceptors (Lipinski definition) is 3. The van der Waals surface area contributed by atoms with Gasteiger partial charge in [-0.1, -0.05) is 30.3 Å². The van der Waals surface area contributed by atoms with E-state index in [0.29, 0.717) is 18.7 Å². The van der Waals surface area contributed by atoms with Gasteiger partial charge in [0.1, 0.15) is 5.75 Å². The van der Waals surface area contributed by atoms with Crippen LogP contribution in [0.2, 0.25) is 0 Å².